The molecule has 0 saturated carbocycles. The number of aromatic nitrogens is 1. The van der Waals surface area contributed by atoms with Crippen LogP contribution in [0.2, 0.25) is 0 Å². The Kier molecular flexibility index (Phi) is 10.8. The number of carbonyl (C=O) groups excluding carboxylic acids is 5. The van der Waals surface area contributed by atoms with Crippen molar-refractivity contribution in [2.24, 2.45) is 11.8 Å². The molecular formula is C31H43N5O7. The van der Waals surface area contributed by atoms with E-state index in [2.05, 4.69) is 20.9 Å². The van der Waals surface area contributed by atoms with Gasteiger partial charge in [-0.2, -0.15) is 0 Å². The van der Waals surface area contributed by atoms with Gasteiger partial charge in [0.05, 0.1) is 13.2 Å². The van der Waals surface area contributed by atoms with E-state index in [9.17, 15) is 24.0 Å². The van der Waals surface area contributed by atoms with E-state index < -0.39 is 54.2 Å². The first-order valence-corrected chi connectivity index (χ1v) is 15.0. The lowest BCUT2D eigenvalue weighted by atomic mass is 9.95. The standard InChI is InChI=1S/C31H43N5O7/c1-18(2)14-23(35-30(40)24-16-20-21(33-24)8-7-10-27(20)42-4)29(39)34-22(15-19-11-12-32-28(19)38)26(37)17-43-31(41)25-9-5-6-13-36(25)3/h7-8,10,16,18-19,22-23,25,33H,5-6,9,11-15,17H2,1-4H3,(H,32,38)(H,34,39)(H,35,40)/t19-,22-,23-,25-/m0/s1. The molecule has 2 aliphatic rings. The molecule has 0 radical (unpaired) electrons. The van der Waals surface area contributed by atoms with Crippen molar-refractivity contribution in [2.75, 3.05) is 33.9 Å². The van der Waals surface area contributed by atoms with E-state index in [0.717, 1.165) is 24.8 Å². The van der Waals surface area contributed by atoms with Crippen molar-refractivity contribution in [2.45, 2.75) is 70.5 Å². The van der Waals surface area contributed by atoms with Gasteiger partial charge in [-0.15, -0.1) is 0 Å². The number of hydrogen-bond donors (Lipinski definition) is 4. The van der Waals surface area contributed by atoms with E-state index >= 15 is 0 Å². The Balaban J connectivity index is 1.46. The number of nitrogens with zero attached hydrogens (tertiary/aromatic N) is 1. The summed E-state index contributed by atoms with van der Waals surface area (Å²) in [7, 11) is 3.40. The van der Waals surface area contributed by atoms with E-state index in [0.29, 0.717) is 37.1 Å². The summed E-state index contributed by atoms with van der Waals surface area (Å²) in [4.78, 5) is 70.2. The zero-order valence-corrected chi connectivity index (χ0v) is 25.4. The van der Waals surface area contributed by atoms with Crippen LogP contribution in [0.5, 0.6) is 5.75 Å². The van der Waals surface area contributed by atoms with Crippen molar-refractivity contribution in [1.29, 1.82) is 0 Å². The minimum absolute atomic E-state index is 0.0436. The molecule has 12 nitrogen and oxygen atoms in total. The molecule has 0 unspecified atom stereocenters. The number of ketones is 1. The fourth-order valence-corrected chi connectivity index (χ4v) is 5.78. The maximum Gasteiger partial charge on any atom is 0.323 e. The third-order valence-electron chi connectivity index (χ3n) is 8.20. The Morgan fingerprint density at radius 3 is 2.56 bits per heavy atom. The summed E-state index contributed by atoms with van der Waals surface area (Å²) >= 11 is 0. The average molecular weight is 598 g/mol. The highest BCUT2D eigenvalue weighted by molar-refractivity contribution is 6.02. The molecule has 0 spiro atoms. The van der Waals surface area contributed by atoms with Crippen LogP contribution in [0.4, 0.5) is 0 Å². The molecule has 4 N–H and O–H groups in total. The van der Waals surface area contributed by atoms with E-state index in [-0.39, 0.29) is 23.9 Å². The van der Waals surface area contributed by atoms with Crippen LogP contribution in [0.1, 0.15) is 62.9 Å². The fourth-order valence-electron chi connectivity index (χ4n) is 5.78. The third-order valence-corrected chi connectivity index (χ3v) is 8.20. The molecule has 1 aromatic carbocycles. The number of likely N-dealkylation sites (N-methyl/N-ethyl adjacent to an activating group) is 1. The van der Waals surface area contributed by atoms with Gasteiger partial charge in [-0.1, -0.05) is 26.3 Å². The Labute approximate surface area is 251 Å². The minimum atomic E-state index is -1.07. The lowest BCUT2D eigenvalue weighted by Gasteiger charge is -2.30. The predicted octanol–water partition coefficient (Wildman–Crippen LogP) is 1.93. The lowest BCUT2D eigenvalue weighted by molar-refractivity contribution is -0.154. The van der Waals surface area contributed by atoms with Gasteiger partial charge in [0.15, 0.2) is 12.4 Å². The summed E-state index contributed by atoms with van der Waals surface area (Å²) in [5, 5.41) is 9.06. The zero-order valence-electron chi connectivity index (χ0n) is 25.4. The predicted molar refractivity (Wildman–Crippen MR) is 159 cm³/mol. The van der Waals surface area contributed by atoms with Gasteiger partial charge in [-0.25, -0.2) is 0 Å². The Hall–Kier alpha value is -3.93. The highest BCUT2D eigenvalue weighted by Crippen LogP contribution is 2.26. The van der Waals surface area contributed by atoms with Gasteiger partial charge in [-0.05, 0) is 69.8 Å². The minimum Gasteiger partial charge on any atom is -0.496 e. The van der Waals surface area contributed by atoms with Crippen molar-refractivity contribution < 1.29 is 33.4 Å². The second-order valence-electron chi connectivity index (χ2n) is 11.9. The van der Waals surface area contributed by atoms with Crippen LogP contribution >= 0.6 is 0 Å². The Morgan fingerprint density at radius 2 is 1.88 bits per heavy atom. The number of piperidine rings is 1. The van der Waals surface area contributed by atoms with Crippen LogP contribution < -0.4 is 20.7 Å². The molecule has 3 amide bonds. The fraction of sp³-hybridized carbons (Fsp3) is 0.581. The van der Waals surface area contributed by atoms with Crippen LogP contribution in [0, 0.1) is 11.8 Å². The second-order valence-corrected chi connectivity index (χ2v) is 11.9. The number of rotatable bonds is 13. The SMILES string of the molecule is COc1cccc2[nH]c(C(=O)N[C@@H](CC(C)C)C(=O)N[C@@H](C[C@@H]3CCNC3=O)C(=O)COC(=O)[C@@H]3CCCCN3C)cc12. The van der Waals surface area contributed by atoms with E-state index in [1.807, 2.05) is 31.9 Å². The van der Waals surface area contributed by atoms with Crippen molar-refractivity contribution in [3.8, 4) is 5.75 Å². The first-order valence-electron chi connectivity index (χ1n) is 15.0. The highest BCUT2D eigenvalue weighted by atomic mass is 16.5. The highest BCUT2D eigenvalue weighted by Gasteiger charge is 2.35. The molecule has 3 heterocycles. The number of likely N-dealkylation sites (tertiary alicyclic amines) is 1. The smallest absolute Gasteiger partial charge is 0.323 e. The average Bonchev–Trinajstić information content (AvgIpc) is 3.60. The number of Topliss-reactive ketones (excluding diaryl/α,β-unsaturated/α-hetero) is 1. The number of hydrogen-bond acceptors (Lipinski definition) is 8. The lowest BCUT2D eigenvalue weighted by Crippen LogP contribution is -2.53. The molecule has 2 aliphatic heterocycles. The van der Waals surface area contributed by atoms with Gasteiger partial charge < -0.3 is 30.4 Å². The van der Waals surface area contributed by atoms with Crippen molar-refractivity contribution in [3.05, 3.63) is 30.0 Å². The van der Waals surface area contributed by atoms with Gasteiger partial charge >= 0.3 is 5.97 Å². The number of amides is 3. The molecule has 234 valence electrons. The number of fused-ring (bicyclic) bond motifs is 1. The summed E-state index contributed by atoms with van der Waals surface area (Å²) in [5.74, 6) is -2.01. The Bertz CT molecular complexity index is 1340. The number of carbonyl (C=O) groups is 5. The molecule has 4 atom stereocenters. The van der Waals surface area contributed by atoms with Gasteiger partial charge in [0.2, 0.25) is 11.8 Å². The first-order chi connectivity index (χ1) is 20.6. The molecule has 4 rings (SSSR count). The van der Waals surface area contributed by atoms with Crippen molar-refractivity contribution >= 4 is 40.4 Å². The molecule has 2 aromatic rings. The summed E-state index contributed by atoms with van der Waals surface area (Å²) in [6, 6.07) is 4.65. The number of methoxy groups -OCH3 is 1. The summed E-state index contributed by atoms with van der Waals surface area (Å²) in [6.45, 7) is 4.60. The van der Waals surface area contributed by atoms with Crippen LogP contribution in [-0.2, 0) is 23.9 Å². The largest absolute Gasteiger partial charge is 0.496 e. The molecule has 0 aliphatic carbocycles. The van der Waals surface area contributed by atoms with E-state index in [1.54, 1.807) is 25.3 Å². The van der Waals surface area contributed by atoms with Gasteiger partial charge in [0.25, 0.3) is 5.91 Å². The van der Waals surface area contributed by atoms with Crippen LogP contribution in [-0.4, -0.2) is 91.3 Å². The number of esters is 1. The quantitative estimate of drug-likeness (QED) is 0.255. The maximum atomic E-state index is 13.6. The molecule has 43 heavy (non-hydrogen) atoms. The normalized spacial score (nSPS) is 20.3. The zero-order chi connectivity index (χ0) is 31.1. The topological polar surface area (TPSA) is 159 Å². The third kappa shape index (κ3) is 8.13. The molecular weight excluding hydrogens is 554 g/mol. The summed E-state index contributed by atoms with van der Waals surface area (Å²) in [5.41, 5.74) is 0.972. The number of aromatic amines is 1. The van der Waals surface area contributed by atoms with Crippen LogP contribution in [0.25, 0.3) is 10.9 Å². The second kappa shape index (κ2) is 14.5. The number of nitrogens with one attached hydrogen (secondary N) is 4. The van der Waals surface area contributed by atoms with Gasteiger partial charge in [-0.3, -0.25) is 28.9 Å². The first kappa shape index (κ1) is 32.0. The van der Waals surface area contributed by atoms with E-state index in [1.165, 1.54) is 0 Å². The molecule has 0 bridgehead atoms. The number of benzene rings is 1. The summed E-state index contributed by atoms with van der Waals surface area (Å²) < 4.78 is 10.8. The van der Waals surface area contributed by atoms with E-state index in [4.69, 9.17) is 9.47 Å². The van der Waals surface area contributed by atoms with Gasteiger partial charge in [0.1, 0.15) is 23.5 Å². The van der Waals surface area contributed by atoms with Crippen LogP contribution in [0.3, 0.4) is 0 Å². The molecule has 12 heteroatoms. The molecule has 2 saturated heterocycles. The van der Waals surface area contributed by atoms with Crippen LogP contribution in [0.15, 0.2) is 24.3 Å². The number of H-pyrrole nitrogens is 1. The number of ether oxygens (including phenoxy) is 2. The molecule has 1 aromatic heterocycles. The maximum absolute atomic E-state index is 13.6. The monoisotopic (exact) mass is 597 g/mol. The van der Waals surface area contributed by atoms with Gasteiger partial charge in [0, 0.05) is 23.4 Å². The Morgan fingerprint density at radius 1 is 1.09 bits per heavy atom. The molecule has 2 fully saturated rings. The van der Waals surface area contributed by atoms with Crippen molar-refractivity contribution in [3.63, 3.8) is 0 Å². The summed E-state index contributed by atoms with van der Waals surface area (Å²) in [6.07, 6.45) is 3.48. The van der Waals surface area contributed by atoms with Crippen molar-refractivity contribution in [1.82, 2.24) is 25.8 Å².